The Morgan fingerprint density at radius 1 is 0.574 bits per heavy atom. The van der Waals surface area contributed by atoms with Gasteiger partial charge in [0.05, 0.1) is 31.3 Å². The van der Waals surface area contributed by atoms with Crippen LogP contribution in [-0.2, 0) is 18.4 Å². The summed E-state index contributed by atoms with van der Waals surface area (Å²) >= 11 is 0. The number of hydrogen-bond donors (Lipinski definition) is 9. The van der Waals surface area contributed by atoms with E-state index >= 15 is 0 Å². The average Bonchev–Trinajstić information content (AvgIpc) is 3.23. The Hall–Kier alpha value is -1.48. The van der Waals surface area contributed by atoms with E-state index in [9.17, 15) is 50.0 Å². The number of unbranched alkanes of at least 4 members (excludes halogenated alkanes) is 22. The summed E-state index contributed by atoms with van der Waals surface area (Å²) in [6.07, 6.45) is 28.2. The Labute approximate surface area is 368 Å². The number of phosphoric ester groups is 1. The molecule has 1 aliphatic rings. The van der Waals surface area contributed by atoms with Gasteiger partial charge in [0.2, 0.25) is 5.91 Å². The topological polar surface area (TPSA) is 226 Å². The van der Waals surface area contributed by atoms with Crippen molar-refractivity contribution >= 4 is 13.7 Å². The molecule has 358 valence electrons. The number of aliphatic hydroxyl groups is 7. The van der Waals surface area contributed by atoms with Crippen molar-refractivity contribution in [3.05, 3.63) is 36.5 Å². The van der Waals surface area contributed by atoms with Crippen molar-refractivity contribution in [1.82, 2.24) is 5.32 Å². The number of phosphoric acid groups is 1. The summed E-state index contributed by atoms with van der Waals surface area (Å²) in [7, 11) is -5.15. The summed E-state index contributed by atoms with van der Waals surface area (Å²) in [6.45, 7) is 3.70. The first-order chi connectivity index (χ1) is 29.3. The molecule has 0 aromatic carbocycles. The Bertz CT molecular complexity index is 1190. The molecule has 0 heterocycles. The lowest BCUT2D eigenvalue weighted by Crippen LogP contribution is -2.64. The third-order valence-corrected chi connectivity index (χ3v) is 12.4. The maximum absolute atomic E-state index is 13.0. The number of nitrogens with one attached hydrogen (secondary N) is 1. The van der Waals surface area contributed by atoms with Crippen LogP contribution in [0.2, 0.25) is 0 Å². The highest BCUT2D eigenvalue weighted by molar-refractivity contribution is 7.47. The first-order valence-corrected chi connectivity index (χ1v) is 25.5. The first kappa shape index (κ1) is 57.5. The van der Waals surface area contributed by atoms with Gasteiger partial charge in [-0.05, 0) is 57.8 Å². The van der Waals surface area contributed by atoms with Crippen LogP contribution in [0.3, 0.4) is 0 Å². The summed E-state index contributed by atoms with van der Waals surface area (Å²) < 4.78 is 22.8. The van der Waals surface area contributed by atoms with Gasteiger partial charge in [0.15, 0.2) is 0 Å². The molecule has 0 aromatic rings. The van der Waals surface area contributed by atoms with Crippen molar-refractivity contribution < 1.29 is 59.0 Å². The molecular weight excluding hydrogens is 801 g/mol. The van der Waals surface area contributed by atoms with Gasteiger partial charge in [0, 0.05) is 0 Å². The fraction of sp³-hybridized carbons (Fsp3) is 0.851. The van der Waals surface area contributed by atoms with Crippen molar-refractivity contribution in [2.45, 2.75) is 249 Å². The lowest BCUT2D eigenvalue weighted by atomic mass is 9.85. The Morgan fingerprint density at radius 2 is 0.967 bits per heavy atom. The van der Waals surface area contributed by atoms with Crippen LogP contribution in [0, 0.1) is 0 Å². The molecule has 1 aliphatic carbocycles. The molecule has 0 radical (unpaired) electrons. The van der Waals surface area contributed by atoms with Crippen LogP contribution in [-0.4, -0.2) is 108 Å². The number of allylic oxidation sites excluding steroid dienone is 5. The van der Waals surface area contributed by atoms with Crippen LogP contribution < -0.4 is 5.32 Å². The highest BCUT2D eigenvalue weighted by atomic mass is 31.2. The quantitative estimate of drug-likeness (QED) is 0.0162. The van der Waals surface area contributed by atoms with E-state index in [0.717, 1.165) is 64.2 Å². The minimum absolute atomic E-state index is 0.258. The summed E-state index contributed by atoms with van der Waals surface area (Å²) in [6, 6.07) is -1.26. The molecule has 0 bridgehead atoms. The van der Waals surface area contributed by atoms with Gasteiger partial charge in [-0.1, -0.05) is 166 Å². The first-order valence-electron chi connectivity index (χ1n) is 24.0. The SMILES string of the molecule is CCCCCCCC/C=C/CC/C=C/C(O)C(COP(=O)(O)OC1C(O)C(O)C(O)C(O)C1O)NC(=O)CC(O)CCCCCCC/C=C\CCCCCCCCCCCC. The smallest absolute Gasteiger partial charge is 0.393 e. The van der Waals surface area contributed by atoms with Gasteiger partial charge in [0.25, 0.3) is 0 Å². The zero-order chi connectivity index (χ0) is 45.1. The number of carbonyl (C=O) groups is 1. The van der Waals surface area contributed by atoms with Gasteiger partial charge in [-0.25, -0.2) is 4.57 Å². The largest absolute Gasteiger partial charge is 0.472 e. The van der Waals surface area contributed by atoms with Crippen LogP contribution >= 0.6 is 7.82 Å². The molecule has 0 spiro atoms. The van der Waals surface area contributed by atoms with E-state index in [0.29, 0.717) is 12.8 Å². The van der Waals surface area contributed by atoms with E-state index in [1.165, 1.54) is 102 Å². The molecule has 1 rings (SSSR count). The zero-order valence-electron chi connectivity index (χ0n) is 37.8. The van der Waals surface area contributed by atoms with Gasteiger partial charge < -0.3 is 46.0 Å². The van der Waals surface area contributed by atoms with Crippen molar-refractivity contribution in [3.63, 3.8) is 0 Å². The van der Waals surface area contributed by atoms with E-state index in [-0.39, 0.29) is 6.42 Å². The van der Waals surface area contributed by atoms with Gasteiger partial charge in [-0.3, -0.25) is 13.8 Å². The zero-order valence-corrected chi connectivity index (χ0v) is 38.7. The van der Waals surface area contributed by atoms with Crippen LogP contribution in [0.15, 0.2) is 36.5 Å². The highest BCUT2D eigenvalue weighted by Crippen LogP contribution is 2.47. The normalized spacial score (nSPS) is 23.5. The van der Waals surface area contributed by atoms with Crippen molar-refractivity contribution in [1.29, 1.82) is 0 Å². The number of rotatable bonds is 39. The molecule has 0 aromatic heterocycles. The lowest BCUT2D eigenvalue weighted by molar-refractivity contribution is -0.220. The molecule has 0 aliphatic heterocycles. The summed E-state index contributed by atoms with van der Waals surface area (Å²) in [4.78, 5) is 23.4. The second-order valence-corrected chi connectivity index (χ2v) is 18.5. The number of aliphatic hydroxyl groups excluding tert-OH is 7. The second kappa shape index (κ2) is 36.8. The fourth-order valence-corrected chi connectivity index (χ4v) is 8.45. The van der Waals surface area contributed by atoms with Crippen LogP contribution in [0.1, 0.15) is 194 Å². The van der Waals surface area contributed by atoms with Crippen molar-refractivity contribution in [2.24, 2.45) is 0 Å². The number of hydrogen-bond acceptors (Lipinski definition) is 11. The molecule has 1 saturated carbocycles. The molecule has 0 saturated heterocycles. The van der Waals surface area contributed by atoms with Crippen LogP contribution in [0.4, 0.5) is 0 Å². The molecule has 14 heteroatoms. The number of amides is 1. The van der Waals surface area contributed by atoms with E-state index in [4.69, 9.17) is 9.05 Å². The van der Waals surface area contributed by atoms with Gasteiger partial charge >= 0.3 is 7.82 Å². The Kier molecular flexibility index (Phi) is 34.7. The average molecular weight is 890 g/mol. The van der Waals surface area contributed by atoms with Gasteiger partial charge in [-0.2, -0.15) is 0 Å². The van der Waals surface area contributed by atoms with E-state index in [2.05, 4.69) is 43.5 Å². The lowest BCUT2D eigenvalue weighted by Gasteiger charge is -2.41. The number of carbonyl (C=O) groups excluding carboxylic acids is 1. The molecule has 1 fully saturated rings. The standard InChI is InChI=1S/C47H88NO12P/c1-3-5-7-9-11-13-15-17-18-19-20-21-22-23-24-26-28-30-32-34-38(49)36-41(51)48-39(40(50)35-33-31-29-27-25-16-14-12-10-8-6-4-2)37-59-61(57,58)60-47-45(55)43(53)42(52)44(54)46(47)56/h21-22,25,27,33,35,38-40,42-47,49-50,52-56H,3-20,23-24,26,28-32,34,36-37H2,1-2H3,(H,48,51)(H,57,58)/b22-21-,27-25+,35-33+. The van der Waals surface area contributed by atoms with Crippen molar-refractivity contribution in [2.75, 3.05) is 6.61 Å². The molecule has 61 heavy (non-hydrogen) atoms. The maximum Gasteiger partial charge on any atom is 0.472 e. The van der Waals surface area contributed by atoms with E-state index in [1.807, 2.05) is 0 Å². The Morgan fingerprint density at radius 3 is 1.44 bits per heavy atom. The molecule has 8 unspecified atom stereocenters. The minimum atomic E-state index is -5.15. The van der Waals surface area contributed by atoms with Crippen molar-refractivity contribution in [3.8, 4) is 0 Å². The molecule has 13 nitrogen and oxygen atoms in total. The predicted octanol–water partition coefficient (Wildman–Crippen LogP) is 8.14. The fourth-order valence-electron chi connectivity index (χ4n) is 7.49. The molecule has 8 atom stereocenters. The van der Waals surface area contributed by atoms with E-state index < -0.39 is 75.2 Å². The third kappa shape index (κ3) is 28.8. The monoisotopic (exact) mass is 890 g/mol. The summed E-state index contributed by atoms with van der Waals surface area (Å²) in [5.74, 6) is -0.609. The van der Waals surface area contributed by atoms with Gasteiger partial charge in [0.1, 0.15) is 36.6 Å². The maximum atomic E-state index is 13.0. The Balaban J connectivity index is 2.51. The molecule has 9 N–H and O–H groups in total. The summed E-state index contributed by atoms with van der Waals surface area (Å²) in [5.41, 5.74) is 0. The second-order valence-electron chi connectivity index (χ2n) is 17.1. The molecule has 1 amide bonds. The minimum Gasteiger partial charge on any atom is -0.393 e. The molecular formula is C47H88NO12P. The summed E-state index contributed by atoms with van der Waals surface area (Å²) in [5, 5.41) is 74.4. The third-order valence-electron chi connectivity index (χ3n) is 11.4. The highest BCUT2D eigenvalue weighted by Gasteiger charge is 2.51. The van der Waals surface area contributed by atoms with Crippen LogP contribution in [0.25, 0.3) is 0 Å². The predicted molar refractivity (Wildman–Crippen MR) is 243 cm³/mol. The van der Waals surface area contributed by atoms with E-state index in [1.54, 1.807) is 6.08 Å². The van der Waals surface area contributed by atoms with Crippen LogP contribution in [0.5, 0.6) is 0 Å². The van der Waals surface area contributed by atoms with Gasteiger partial charge in [-0.15, -0.1) is 0 Å².